The zero-order valence-corrected chi connectivity index (χ0v) is 19.1. The lowest BCUT2D eigenvalue weighted by Gasteiger charge is -2.38. The van der Waals surface area contributed by atoms with Crippen LogP contribution in [0, 0.1) is 6.92 Å². The van der Waals surface area contributed by atoms with E-state index in [1.165, 1.54) is 0 Å². The fourth-order valence-electron chi connectivity index (χ4n) is 3.50. The Kier molecular flexibility index (Phi) is 7.94. The Morgan fingerprint density at radius 1 is 1.31 bits per heavy atom. The lowest BCUT2D eigenvalue weighted by Crippen LogP contribution is -2.49. The normalized spacial score (nSPS) is 17.7. The fourth-order valence-corrected chi connectivity index (χ4v) is 3.83. The Balaban J connectivity index is 2.07. The molecule has 1 fully saturated rings. The maximum Gasteiger partial charge on any atom is 0.410 e. The second-order valence-electron chi connectivity index (χ2n) is 8.60. The molecule has 0 bridgehead atoms. The predicted octanol–water partition coefficient (Wildman–Crippen LogP) is 4.66. The van der Waals surface area contributed by atoms with E-state index >= 15 is 0 Å². The molecule has 7 heteroatoms. The minimum atomic E-state index is -0.509. The molecule has 1 aromatic carbocycles. The number of hydrogen-bond donors (Lipinski definition) is 0. The molecule has 1 atom stereocenters. The van der Waals surface area contributed by atoms with Gasteiger partial charge in [-0.2, -0.15) is 0 Å². The van der Waals surface area contributed by atoms with Crippen molar-refractivity contribution < 1.29 is 19.1 Å². The minimum Gasteiger partial charge on any atom is -0.462 e. The second-order valence-corrected chi connectivity index (χ2v) is 9.00. The summed E-state index contributed by atoms with van der Waals surface area (Å²) in [6, 6.07) is 3.60. The van der Waals surface area contributed by atoms with Crippen molar-refractivity contribution in [2.75, 3.05) is 26.7 Å². The molecule has 0 N–H and O–H groups in total. The molecule has 1 aromatic rings. The van der Waals surface area contributed by atoms with Crippen molar-refractivity contribution in [3.63, 3.8) is 0 Å². The Labute approximate surface area is 179 Å². The third-order valence-corrected chi connectivity index (χ3v) is 5.36. The largest absolute Gasteiger partial charge is 0.462 e. The summed E-state index contributed by atoms with van der Waals surface area (Å²) < 4.78 is 10.6. The molecule has 0 saturated carbocycles. The third kappa shape index (κ3) is 6.61. The van der Waals surface area contributed by atoms with Gasteiger partial charge in [-0.05, 0) is 77.3 Å². The molecule has 0 aromatic heterocycles. The number of esters is 1. The smallest absolute Gasteiger partial charge is 0.410 e. The van der Waals surface area contributed by atoms with Crippen LogP contribution in [0.3, 0.4) is 0 Å². The number of ether oxygens (including phenoxy) is 2. The topological polar surface area (TPSA) is 59.1 Å². The number of nitrogens with zero attached hydrogens (tertiary/aromatic N) is 2. The maximum atomic E-state index is 12.4. The van der Waals surface area contributed by atoms with Gasteiger partial charge in [0.1, 0.15) is 5.60 Å². The van der Waals surface area contributed by atoms with Crippen LogP contribution >= 0.6 is 11.6 Å². The van der Waals surface area contributed by atoms with Gasteiger partial charge in [0.15, 0.2) is 0 Å². The van der Waals surface area contributed by atoms with E-state index in [0.29, 0.717) is 23.7 Å². The monoisotopic (exact) mass is 424 g/mol. The van der Waals surface area contributed by atoms with E-state index in [2.05, 4.69) is 4.90 Å². The summed E-state index contributed by atoms with van der Waals surface area (Å²) in [6.07, 6.45) is 1.65. The molecule has 0 unspecified atom stereocenters. The molecule has 2 rings (SSSR count). The predicted molar refractivity (Wildman–Crippen MR) is 114 cm³/mol. The van der Waals surface area contributed by atoms with E-state index < -0.39 is 5.60 Å². The second kappa shape index (κ2) is 9.81. The van der Waals surface area contributed by atoms with Gasteiger partial charge >= 0.3 is 12.1 Å². The third-order valence-electron chi connectivity index (χ3n) is 5.02. The first kappa shape index (κ1) is 23.5. The highest BCUT2D eigenvalue weighted by Crippen LogP contribution is 2.26. The van der Waals surface area contributed by atoms with Gasteiger partial charge in [0.2, 0.25) is 0 Å². The minimum absolute atomic E-state index is 0.0940. The summed E-state index contributed by atoms with van der Waals surface area (Å²) in [5.74, 6) is -0.360. The maximum absolute atomic E-state index is 12.4. The number of aryl methyl sites for hydroxylation is 1. The molecule has 0 spiro atoms. The van der Waals surface area contributed by atoms with Crippen LogP contribution in [0.15, 0.2) is 12.1 Å². The van der Waals surface area contributed by atoms with Crippen molar-refractivity contribution in [3.8, 4) is 0 Å². The Morgan fingerprint density at radius 2 is 2.00 bits per heavy atom. The molecule has 1 saturated heterocycles. The van der Waals surface area contributed by atoms with Crippen LogP contribution < -0.4 is 0 Å². The molecule has 1 amide bonds. The zero-order chi connectivity index (χ0) is 21.8. The van der Waals surface area contributed by atoms with E-state index in [1.807, 2.05) is 33.8 Å². The fraction of sp³-hybridized carbons (Fsp3) is 0.636. The number of carbonyl (C=O) groups is 2. The summed E-state index contributed by atoms with van der Waals surface area (Å²) in [7, 11) is 1.80. The molecule has 1 heterocycles. The summed E-state index contributed by atoms with van der Waals surface area (Å²) in [5.41, 5.74) is 1.92. The summed E-state index contributed by atoms with van der Waals surface area (Å²) in [5, 5.41) is 0.565. The number of benzene rings is 1. The van der Waals surface area contributed by atoms with Gasteiger partial charge in [0, 0.05) is 31.2 Å². The summed E-state index contributed by atoms with van der Waals surface area (Å²) >= 11 is 6.50. The first-order valence-corrected chi connectivity index (χ1v) is 10.5. The highest BCUT2D eigenvalue weighted by Gasteiger charge is 2.29. The number of rotatable bonds is 5. The van der Waals surface area contributed by atoms with Crippen molar-refractivity contribution in [1.29, 1.82) is 0 Å². The average Bonchev–Trinajstić information content (AvgIpc) is 2.63. The van der Waals surface area contributed by atoms with Gasteiger partial charge in [-0.15, -0.1) is 0 Å². The standard InChI is InChI=1S/C22H33ClN2O4/c1-7-28-20(26)16-11-15(2)18(19(23)12-16)14-25-10-8-9-17(13-25)24(6)21(27)29-22(3,4)5/h11-12,17H,7-10,13-14H2,1-6H3/t17-/m0/s1. The number of likely N-dealkylation sites (N-methyl/N-ethyl adjacent to an activating group) is 1. The molecular formula is C22H33ClN2O4. The molecule has 0 aliphatic carbocycles. The van der Waals surface area contributed by atoms with Crippen molar-refractivity contribution in [1.82, 2.24) is 9.80 Å². The van der Waals surface area contributed by atoms with E-state index in [4.69, 9.17) is 21.1 Å². The first-order valence-electron chi connectivity index (χ1n) is 10.2. The molecule has 29 heavy (non-hydrogen) atoms. The number of halogens is 1. The van der Waals surface area contributed by atoms with E-state index in [1.54, 1.807) is 24.9 Å². The summed E-state index contributed by atoms with van der Waals surface area (Å²) in [4.78, 5) is 28.4. The molecule has 1 aliphatic rings. The van der Waals surface area contributed by atoms with Crippen LogP contribution in [0.1, 0.15) is 62.0 Å². The quantitative estimate of drug-likeness (QED) is 0.643. The van der Waals surface area contributed by atoms with Crippen LogP contribution in [0.25, 0.3) is 0 Å². The lowest BCUT2D eigenvalue weighted by molar-refractivity contribution is 0.0129. The molecule has 162 valence electrons. The Hall–Kier alpha value is -1.79. The van der Waals surface area contributed by atoms with E-state index in [9.17, 15) is 9.59 Å². The van der Waals surface area contributed by atoms with E-state index in [-0.39, 0.29) is 18.1 Å². The summed E-state index contributed by atoms with van der Waals surface area (Å²) in [6.45, 7) is 12.0. The molecule has 6 nitrogen and oxygen atoms in total. The Morgan fingerprint density at radius 3 is 2.59 bits per heavy atom. The highest BCUT2D eigenvalue weighted by molar-refractivity contribution is 6.31. The van der Waals surface area contributed by atoms with Crippen LogP contribution in [-0.2, 0) is 16.0 Å². The van der Waals surface area contributed by atoms with Crippen LogP contribution in [0.5, 0.6) is 0 Å². The number of piperidine rings is 1. The number of carbonyl (C=O) groups excluding carboxylic acids is 2. The molecule has 0 radical (unpaired) electrons. The highest BCUT2D eigenvalue weighted by atomic mass is 35.5. The number of likely N-dealkylation sites (tertiary alicyclic amines) is 1. The van der Waals surface area contributed by atoms with E-state index in [0.717, 1.165) is 37.1 Å². The van der Waals surface area contributed by atoms with Gasteiger partial charge in [0.25, 0.3) is 0 Å². The van der Waals surface area contributed by atoms with Gasteiger partial charge in [0.05, 0.1) is 12.2 Å². The van der Waals surface area contributed by atoms with Crippen molar-refractivity contribution in [2.24, 2.45) is 0 Å². The lowest BCUT2D eigenvalue weighted by atomic mass is 10.0. The van der Waals surface area contributed by atoms with Crippen LogP contribution in [0.4, 0.5) is 4.79 Å². The average molecular weight is 425 g/mol. The molecular weight excluding hydrogens is 392 g/mol. The van der Waals surface area contributed by atoms with Crippen LogP contribution in [-0.4, -0.2) is 60.2 Å². The SMILES string of the molecule is CCOC(=O)c1cc(C)c(CN2CCC[C@H](N(C)C(=O)OC(C)(C)C)C2)c(Cl)c1. The van der Waals surface area contributed by atoms with Gasteiger partial charge in [-0.3, -0.25) is 4.90 Å². The number of amides is 1. The van der Waals surface area contributed by atoms with Gasteiger partial charge < -0.3 is 14.4 Å². The number of hydrogen-bond acceptors (Lipinski definition) is 5. The van der Waals surface area contributed by atoms with Crippen molar-refractivity contribution >= 4 is 23.7 Å². The zero-order valence-electron chi connectivity index (χ0n) is 18.4. The van der Waals surface area contributed by atoms with Gasteiger partial charge in [-0.25, -0.2) is 9.59 Å². The molecule has 1 aliphatic heterocycles. The Bertz CT molecular complexity index is 722. The van der Waals surface area contributed by atoms with Crippen molar-refractivity contribution in [3.05, 3.63) is 33.8 Å². The van der Waals surface area contributed by atoms with Crippen molar-refractivity contribution in [2.45, 2.75) is 65.6 Å². The first-order chi connectivity index (χ1) is 13.5. The van der Waals surface area contributed by atoms with Gasteiger partial charge in [-0.1, -0.05) is 11.6 Å². The van der Waals surface area contributed by atoms with Crippen LogP contribution in [0.2, 0.25) is 5.02 Å².